The number of likely N-dealkylation sites (tertiary alicyclic amines) is 1. The van der Waals surface area contributed by atoms with Gasteiger partial charge in [0.1, 0.15) is 17.7 Å². The highest BCUT2D eigenvalue weighted by atomic mass is 16.5. The van der Waals surface area contributed by atoms with Gasteiger partial charge in [0.05, 0.1) is 6.54 Å². The molecule has 0 unspecified atom stereocenters. The highest BCUT2D eigenvalue weighted by molar-refractivity contribution is 5.94. The van der Waals surface area contributed by atoms with Gasteiger partial charge in [-0.2, -0.15) is 4.98 Å². The molecule has 148 valence electrons. The van der Waals surface area contributed by atoms with Gasteiger partial charge in [0.15, 0.2) is 0 Å². The van der Waals surface area contributed by atoms with Crippen LogP contribution in [0.2, 0.25) is 0 Å². The molecule has 1 aliphatic carbocycles. The van der Waals surface area contributed by atoms with Crippen molar-refractivity contribution in [2.24, 2.45) is 5.92 Å². The number of benzene rings is 1. The summed E-state index contributed by atoms with van der Waals surface area (Å²) in [5.74, 6) is 1.62. The van der Waals surface area contributed by atoms with Crippen LogP contribution in [0, 0.1) is 5.92 Å². The lowest BCUT2D eigenvalue weighted by Gasteiger charge is -2.32. The van der Waals surface area contributed by atoms with Crippen LogP contribution >= 0.6 is 0 Å². The molecule has 2 aromatic rings. The van der Waals surface area contributed by atoms with Crippen LogP contribution in [-0.4, -0.2) is 51.1 Å². The van der Waals surface area contributed by atoms with Gasteiger partial charge in [-0.25, -0.2) is 0 Å². The summed E-state index contributed by atoms with van der Waals surface area (Å²) in [6, 6.07) is 7.09. The number of nitrogens with two attached hydrogens (primary N) is 1. The Morgan fingerprint density at radius 2 is 2.04 bits per heavy atom. The van der Waals surface area contributed by atoms with Gasteiger partial charge in [0, 0.05) is 37.4 Å². The van der Waals surface area contributed by atoms with E-state index in [-0.39, 0.29) is 30.4 Å². The molecule has 9 nitrogen and oxygen atoms in total. The van der Waals surface area contributed by atoms with E-state index >= 15 is 0 Å². The average Bonchev–Trinajstić information content (AvgIpc) is 3.48. The van der Waals surface area contributed by atoms with Crippen molar-refractivity contribution in [2.75, 3.05) is 18.8 Å². The number of H-pyrrole nitrogens is 1. The monoisotopic (exact) mass is 384 g/mol. The minimum absolute atomic E-state index is 0.0544. The van der Waals surface area contributed by atoms with E-state index in [0.29, 0.717) is 23.0 Å². The van der Waals surface area contributed by atoms with Crippen LogP contribution in [0.1, 0.15) is 41.9 Å². The van der Waals surface area contributed by atoms with Gasteiger partial charge in [-0.15, -0.1) is 5.10 Å². The zero-order chi connectivity index (χ0) is 19.5. The molecule has 1 aromatic heterocycles. The summed E-state index contributed by atoms with van der Waals surface area (Å²) >= 11 is 0. The van der Waals surface area contributed by atoms with E-state index in [1.165, 1.54) is 0 Å². The van der Waals surface area contributed by atoms with Crippen molar-refractivity contribution in [1.82, 2.24) is 25.4 Å². The second-order valence-electron chi connectivity index (χ2n) is 7.27. The normalized spacial score (nSPS) is 17.4. The van der Waals surface area contributed by atoms with Crippen LogP contribution in [0.25, 0.3) is 0 Å². The molecule has 1 saturated heterocycles. The zero-order valence-electron chi connectivity index (χ0n) is 15.6. The second kappa shape index (κ2) is 7.87. The van der Waals surface area contributed by atoms with E-state index in [9.17, 15) is 9.59 Å². The molecule has 2 fully saturated rings. The molecule has 0 bridgehead atoms. The van der Waals surface area contributed by atoms with Gasteiger partial charge < -0.3 is 20.7 Å². The topological polar surface area (TPSA) is 126 Å². The Labute approximate surface area is 162 Å². The van der Waals surface area contributed by atoms with Gasteiger partial charge in [-0.05, 0) is 31.0 Å². The number of nitrogens with one attached hydrogen (secondary N) is 2. The molecule has 2 aliphatic rings. The molecular formula is C19H24N6O3. The maximum absolute atomic E-state index is 12.4. The molecule has 4 N–H and O–H groups in total. The molecule has 0 atom stereocenters. The summed E-state index contributed by atoms with van der Waals surface area (Å²) in [7, 11) is 0. The maximum atomic E-state index is 12.4. The van der Waals surface area contributed by atoms with Crippen molar-refractivity contribution in [3.8, 4) is 5.75 Å². The molecule has 1 aromatic carbocycles. The van der Waals surface area contributed by atoms with E-state index < -0.39 is 0 Å². The summed E-state index contributed by atoms with van der Waals surface area (Å²) in [5, 5.41) is 9.13. The molecule has 2 heterocycles. The van der Waals surface area contributed by atoms with E-state index in [2.05, 4.69) is 20.5 Å². The largest absolute Gasteiger partial charge is 0.490 e. The number of piperidine rings is 1. The van der Waals surface area contributed by atoms with Gasteiger partial charge >= 0.3 is 0 Å². The Kier molecular flexibility index (Phi) is 5.14. The van der Waals surface area contributed by atoms with Crippen LogP contribution in [0.4, 0.5) is 5.95 Å². The lowest BCUT2D eigenvalue weighted by atomic mass is 10.1. The predicted octanol–water partition coefficient (Wildman–Crippen LogP) is 1.10. The number of carbonyl (C=O) groups is 2. The van der Waals surface area contributed by atoms with Crippen molar-refractivity contribution in [3.63, 3.8) is 0 Å². The van der Waals surface area contributed by atoms with Crippen LogP contribution in [-0.2, 0) is 11.3 Å². The van der Waals surface area contributed by atoms with Crippen molar-refractivity contribution >= 4 is 17.8 Å². The summed E-state index contributed by atoms with van der Waals surface area (Å²) in [6.07, 6.45) is 3.74. The Morgan fingerprint density at radius 3 is 2.71 bits per heavy atom. The number of amides is 2. The number of aromatic nitrogens is 3. The molecule has 0 spiro atoms. The third-order valence-corrected chi connectivity index (χ3v) is 5.04. The molecule has 1 aliphatic heterocycles. The fourth-order valence-corrected chi connectivity index (χ4v) is 3.34. The minimum atomic E-state index is -0.231. The van der Waals surface area contributed by atoms with E-state index in [1.54, 1.807) is 18.2 Å². The molecule has 4 rings (SSSR count). The lowest BCUT2D eigenvalue weighted by Crippen LogP contribution is -2.42. The van der Waals surface area contributed by atoms with Crippen LogP contribution in [0.3, 0.4) is 0 Å². The summed E-state index contributed by atoms with van der Waals surface area (Å²) in [6.45, 7) is 1.68. The highest BCUT2D eigenvalue weighted by Crippen LogP contribution is 2.32. The highest BCUT2D eigenvalue weighted by Gasteiger charge is 2.35. The van der Waals surface area contributed by atoms with Gasteiger partial charge in [-0.1, -0.05) is 6.07 Å². The molecule has 2 amide bonds. The summed E-state index contributed by atoms with van der Waals surface area (Å²) in [4.78, 5) is 30.4. The fourth-order valence-electron chi connectivity index (χ4n) is 3.34. The van der Waals surface area contributed by atoms with Gasteiger partial charge in [0.25, 0.3) is 5.91 Å². The third kappa shape index (κ3) is 4.41. The Hall–Kier alpha value is -3.10. The van der Waals surface area contributed by atoms with Crippen molar-refractivity contribution < 1.29 is 14.3 Å². The third-order valence-electron chi connectivity index (χ3n) is 5.04. The first-order chi connectivity index (χ1) is 13.6. The SMILES string of the molecule is Nc1n[nH]c(CNC(=O)c2cccc(OC3CCN(C(=O)C4CC4)CC3)c2)n1. The number of hydrogen-bond acceptors (Lipinski definition) is 6. The number of nitrogen functional groups attached to an aromatic ring is 1. The van der Waals surface area contributed by atoms with Crippen LogP contribution in [0.5, 0.6) is 5.75 Å². The molecule has 28 heavy (non-hydrogen) atoms. The van der Waals surface area contributed by atoms with Crippen molar-refractivity contribution in [2.45, 2.75) is 38.3 Å². The standard InChI is InChI=1S/C19H24N6O3/c20-19-22-16(23-24-19)11-21-17(26)13-2-1-3-15(10-13)28-14-6-8-25(9-7-14)18(27)12-4-5-12/h1-3,10,12,14H,4-9,11H2,(H,21,26)(H3,20,22,23,24). The Balaban J connectivity index is 1.28. The van der Waals surface area contributed by atoms with Crippen molar-refractivity contribution in [3.05, 3.63) is 35.7 Å². The number of ether oxygens (including phenoxy) is 1. The van der Waals surface area contributed by atoms with Crippen LogP contribution in [0.15, 0.2) is 24.3 Å². The number of hydrogen-bond donors (Lipinski definition) is 3. The average molecular weight is 384 g/mol. The fraction of sp³-hybridized carbons (Fsp3) is 0.474. The maximum Gasteiger partial charge on any atom is 0.251 e. The van der Waals surface area contributed by atoms with Gasteiger partial charge in [-0.3, -0.25) is 14.7 Å². The summed E-state index contributed by atoms with van der Waals surface area (Å²) in [5.41, 5.74) is 5.95. The molecular weight excluding hydrogens is 360 g/mol. The van der Waals surface area contributed by atoms with E-state index in [1.807, 2.05) is 11.0 Å². The van der Waals surface area contributed by atoms with Crippen LogP contribution < -0.4 is 15.8 Å². The Bertz CT molecular complexity index is 855. The number of anilines is 1. The van der Waals surface area contributed by atoms with Gasteiger partial charge in [0.2, 0.25) is 11.9 Å². The van der Waals surface area contributed by atoms with E-state index in [4.69, 9.17) is 10.5 Å². The number of nitrogens with zero attached hydrogens (tertiary/aromatic N) is 3. The lowest BCUT2D eigenvalue weighted by molar-refractivity contribution is -0.134. The zero-order valence-corrected chi connectivity index (χ0v) is 15.6. The quantitative estimate of drug-likeness (QED) is 0.684. The molecule has 0 radical (unpaired) electrons. The molecule has 9 heteroatoms. The summed E-state index contributed by atoms with van der Waals surface area (Å²) < 4.78 is 6.05. The first-order valence-electron chi connectivity index (χ1n) is 9.59. The number of rotatable bonds is 6. The molecule has 1 saturated carbocycles. The number of aromatic amines is 1. The smallest absolute Gasteiger partial charge is 0.251 e. The number of carbonyl (C=O) groups excluding carboxylic acids is 2. The second-order valence-corrected chi connectivity index (χ2v) is 7.27. The van der Waals surface area contributed by atoms with E-state index in [0.717, 1.165) is 38.8 Å². The predicted molar refractivity (Wildman–Crippen MR) is 101 cm³/mol. The van der Waals surface area contributed by atoms with Crippen molar-refractivity contribution in [1.29, 1.82) is 0 Å². The first-order valence-corrected chi connectivity index (χ1v) is 9.59. The Morgan fingerprint density at radius 1 is 1.25 bits per heavy atom. The minimum Gasteiger partial charge on any atom is -0.490 e. The first kappa shape index (κ1) is 18.3.